The standard InChI is InChI=1S/C15H13N3O3/c1-2-5-14(20)21-9-13(19)10(8-16)15-17-11-6-3-4-7-12(11)18-15/h2-7,19H,9H2,1H3,(H,17,18)/b5-2+,13-10-. The van der Waals surface area contributed by atoms with Gasteiger partial charge in [-0.1, -0.05) is 18.2 Å². The molecule has 21 heavy (non-hydrogen) atoms. The van der Waals surface area contributed by atoms with Gasteiger partial charge in [0.1, 0.15) is 18.2 Å². The molecule has 6 nitrogen and oxygen atoms in total. The van der Waals surface area contributed by atoms with Crippen molar-refractivity contribution in [3.8, 4) is 6.07 Å². The second-order valence-electron chi connectivity index (χ2n) is 4.14. The maximum atomic E-state index is 11.2. The van der Waals surface area contributed by atoms with E-state index < -0.39 is 5.97 Å². The Labute approximate surface area is 121 Å². The maximum absolute atomic E-state index is 11.2. The number of aromatic amines is 1. The summed E-state index contributed by atoms with van der Waals surface area (Å²) in [7, 11) is 0. The van der Waals surface area contributed by atoms with Gasteiger partial charge in [0.2, 0.25) is 0 Å². The predicted octanol–water partition coefficient (Wildman–Crippen LogP) is 2.47. The van der Waals surface area contributed by atoms with Gasteiger partial charge in [-0.2, -0.15) is 5.26 Å². The third-order valence-corrected chi connectivity index (χ3v) is 2.68. The molecule has 2 N–H and O–H groups in total. The first-order valence-corrected chi connectivity index (χ1v) is 6.22. The first-order valence-electron chi connectivity index (χ1n) is 6.22. The summed E-state index contributed by atoms with van der Waals surface area (Å²) in [6.07, 6.45) is 2.74. The van der Waals surface area contributed by atoms with Crippen LogP contribution in [0.4, 0.5) is 0 Å². The van der Waals surface area contributed by atoms with Crippen LogP contribution in [0.15, 0.2) is 42.2 Å². The summed E-state index contributed by atoms with van der Waals surface area (Å²) in [5, 5.41) is 19.1. The maximum Gasteiger partial charge on any atom is 0.330 e. The van der Waals surface area contributed by atoms with Crippen molar-refractivity contribution in [3.63, 3.8) is 0 Å². The highest BCUT2D eigenvalue weighted by molar-refractivity contribution is 5.84. The summed E-state index contributed by atoms with van der Waals surface area (Å²) < 4.78 is 4.80. The molecule has 0 atom stereocenters. The van der Waals surface area contributed by atoms with E-state index in [1.807, 2.05) is 24.3 Å². The third kappa shape index (κ3) is 3.28. The average molecular weight is 283 g/mol. The van der Waals surface area contributed by atoms with Gasteiger partial charge < -0.3 is 14.8 Å². The Bertz CT molecular complexity index is 733. The molecule has 0 saturated carbocycles. The lowest BCUT2D eigenvalue weighted by Gasteiger charge is -2.02. The van der Waals surface area contributed by atoms with Crippen LogP contribution in [-0.4, -0.2) is 27.7 Å². The molecule has 0 radical (unpaired) electrons. The fourth-order valence-corrected chi connectivity index (χ4v) is 1.72. The van der Waals surface area contributed by atoms with Crippen LogP contribution in [0.25, 0.3) is 16.6 Å². The minimum absolute atomic E-state index is 0.0560. The molecule has 0 aliphatic carbocycles. The molecule has 2 aromatic rings. The zero-order valence-corrected chi connectivity index (χ0v) is 11.3. The number of aromatic nitrogens is 2. The Balaban J connectivity index is 2.27. The fourth-order valence-electron chi connectivity index (χ4n) is 1.72. The highest BCUT2D eigenvalue weighted by Crippen LogP contribution is 2.18. The smallest absolute Gasteiger partial charge is 0.330 e. The van der Waals surface area contributed by atoms with Gasteiger partial charge in [-0.05, 0) is 19.1 Å². The van der Waals surface area contributed by atoms with E-state index in [4.69, 9.17) is 10.00 Å². The van der Waals surface area contributed by atoms with Crippen LogP contribution in [0, 0.1) is 11.3 Å². The monoisotopic (exact) mass is 283 g/mol. The molecule has 0 aliphatic heterocycles. The molecule has 0 aliphatic rings. The SMILES string of the molecule is C/C=C/C(=O)OC/C(O)=C(\C#N)c1nc2ccccc2[nH]1. The molecule has 2 rings (SSSR count). The number of hydrogen-bond acceptors (Lipinski definition) is 5. The van der Waals surface area contributed by atoms with Gasteiger partial charge in [0, 0.05) is 6.08 Å². The summed E-state index contributed by atoms with van der Waals surface area (Å²) in [6.45, 7) is 1.29. The number of aliphatic hydroxyl groups excluding tert-OH is 1. The number of carbonyl (C=O) groups excluding carboxylic acids is 1. The molecule has 1 aromatic carbocycles. The first-order chi connectivity index (χ1) is 10.2. The summed E-state index contributed by atoms with van der Waals surface area (Å²) in [5.74, 6) is -0.710. The number of fused-ring (bicyclic) bond motifs is 1. The van der Waals surface area contributed by atoms with Crippen molar-refractivity contribution in [2.24, 2.45) is 0 Å². The number of ether oxygens (including phenoxy) is 1. The summed E-state index contributed by atoms with van der Waals surface area (Å²) in [5.41, 5.74) is 1.37. The Morgan fingerprint density at radius 2 is 2.29 bits per heavy atom. The number of para-hydroxylation sites is 2. The quantitative estimate of drug-likeness (QED) is 0.388. The molecule has 106 valence electrons. The van der Waals surface area contributed by atoms with E-state index in [0.29, 0.717) is 5.52 Å². The normalized spacial score (nSPS) is 12.2. The number of esters is 1. The van der Waals surface area contributed by atoms with Gasteiger partial charge in [-0.3, -0.25) is 0 Å². The zero-order valence-electron chi connectivity index (χ0n) is 11.3. The number of imidazole rings is 1. The van der Waals surface area contributed by atoms with Crippen LogP contribution in [0.2, 0.25) is 0 Å². The third-order valence-electron chi connectivity index (χ3n) is 2.68. The zero-order chi connectivity index (χ0) is 15.2. The predicted molar refractivity (Wildman–Crippen MR) is 77.0 cm³/mol. The lowest BCUT2D eigenvalue weighted by molar-refractivity contribution is -0.137. The number of H-pyrrole nitrogens is 1. The molecular formula is C15H13N3O3. The number of hydrogen-bond donors (Lipinski definition) is 2. The van der Waals surface area contributed by atoms with Crippen LogP contribution in [0.3, 0.4) is 0 Å². The van der Waals surface area contributed by atoms with Gasteiger partial charge >= 0.3 is 5.97 Å². The van der Waals surface area contributed by atoms with Crippen molar-refractivity contribution >= 4 is 22.6 Å². The number of nitrogens with one attached hydrogen (secondary N) is 1. The van der Waals surface area contributed by atoms with Gasteiger partial charge in [0.15, 0.2) is 11.6 Å². The number of carbonyl (C=O) groups is 1. The average Bonchev–Trinajstić information content (AvgIpc) is 2.89. The number of rotatable bonds is 4. The Kier molecular flexibility index (Phi) is 4.36. The Hall–Kier alpha value is -3.07. The molecule has 0 bridgehead atoms. The number of benzene rings is 1. The topological polar surface area (TPSA) is 99.0 Å². The largest absolute Gasteiger partial charge is 0.507 e. The lowest BCUT2D eigenvalue weighted by atomic mass is 10.2. The summed E-state index contributed by atoms with van der Waals surface area (Å²) in [4.78, 5) is 18.3. The Morgan fingerprint density at radius 1 is 1.52 bits per heavy atom. The van der Waals surface area contributed by atoms with E-state index in [-0.39, 0.29) is 23.8 Å². The van der Waals surface area contributed by atoms with E-state index in [9.17, 15) is 9.90 Å². The van der Waals surface area contributed by atoms with Crippen molar-refractivity contribution in [2.75, 3.05) is 6.61 Å². The lowest BCUT2D eigenvalue weighted by Crippen LogP contribution is -2.06. The summed E-state index contributed by atoms with van der Waals surface area (Å²) >= 11 is 0. The van der Waals surface area contributed by atoms with Gasteiger partial charge in [0.25, 0.3) is 0 Å². The van der Waals surface area contributed by atoms with Crippen molar-refractivity contribution in [1.29, 1.82) is 5.26 Å². The van der Waals surface area contributed by atoms with Crippen molar-refractivity contribution < 1.29 is 14.6 Å². The number of nitriles is 1. The van der Waals surface area contributed by atoms with Crippen LogP contribution >= 0.6 is 0 Å². The molecule has 0 unspecified atom stereocenters. The highest BCUT2D eigenvalue weighted by Gasteiger charge is 2.14. The molecular weight excluding hydrogens is 270 g/mol. The highest BCUT2D eigenvalue weighted by atomic mass is 16.5. The molecule has 1 heterocycles. The van der Waals surface area contributed by atoms with Crippen LogP contribution in [0.1, 0.15) is 12.7 Å². The molecule has 6 heteroatoms. The molecule has 0 fully saturated rings. The van der Waals surface area contributed by atoms with Crippen molar-refractivity contribution in [2.45, 2.75) is 6.92 Å². The van der Waals surface area contributed by atoms with Crippen LogP contribution in [-0.2, 0) is 9.53 Å². The molecule has 0 amide bonds. The first kappa shape index (κ1) is 14.3. The minimum atomic E-state index is -0.592. The minimum Gasteiger partial charge on any atom is -0.507 e. The van der Waals surface area contributed by atoms with Gasteiger partial charge in [0.05, 0.1) is 11.0 Å². The number of aliphatic hydroxyl groups is 1. The Morgan fingerprint density at radius 3 is 2.95 bits per heavy atom. The van der Waals surface area contributed by atoms with E-state index in [1.165, 1.54) is 12.2 Å². The van der Waals surface area contributed by atoms with Crippen molar-refractivity contribution in [1.82, 2.24) is 9.97 Å². The van der Waals surface area contributed by atoms with Gasteiger partial charge in [-0.25, -0.2) is 9.78 Å². The second-order valence-corrected chi connectivity index (χ2v) is 4.14. The molecule has 0 spiro atoms. The van der Waals surface area contributed by atoms with E-state index >= 15 is 0 Å². The van der Waals surface area contributed by atoms with Crippen molar-refractivity contribution in [3.05, 3.63) is 48.0 Å². The molecule has 0 saturated heterocycles. The van der Waals surface area contributed by atoms with Gasteiger partial charge in [-0.15, -0.1) is 0 Å². The summed E-state index contributed by atoms with van der Waals surface area (Å²) in [6, 6.07) is 9.11. The van der Waals surface area contributed by atoms with E-state index in [1.54, 1.807) is 13.0 Å². The fraction of sp³-hybridized carbons (Fsp3) is 0.133. The second kappa shape index (κ2) is 6.39. The van der Waals surface area contributed by atoms with Crippen LogP contribution in [0.5, 0.6) is 0 Å². The van der Waals surface area contributed by atoms with E-state index in [0.717, 1.165) is 5.52 Å². The van der Waals surface area contributed by atoms with E-state index in [2.05, 4.69) is 9.97 Å². The van der Waals surface area contributed by atoms with Crippen LogP contribution < -0.4 is 0 Å². The number of allylic oxidation sites excluding steroid dienone is 2. The molecule has 1 aromatic heterocycles. The number of nitrogens with zero attached hydrogens (tertiary/aromatic N) is 2.